The number of fused-ring (bicyclic) bond motifs is 1. The van der Waals surface area contributed by atoms with Crippen molar-refractivity contribution in [2.45, 2.75) is 76.0 Å². The summed E-state index contributed by atoms with van der Waals surface area (Å²) in [4.78, 5) is 29.9. The van der Waals surface area contributed by atoms with Crippen LogP contribution in [-0.4, -0.2) is 27.3 Å². The Hall–Kier alpha value is -1.82. The van der Waals surface area contributed by atoms with Gasteiger partial charge in [-0.15, -0.1) is 0 Å². The second-order valence-corrected chi connectivity index (χ2v) is 8.52. The van der Waals surface area contributed by atoms with Gasteiger partial charge < -0.3 is 5.32 Å². The van der Waals surface area contributed by atoms with E-state index in [1.807, 2.05) is 32.0 Å². The first kappa shape index (κ1) is 19.9. The van der Waals surface area contributed by atoms with E-state index in [0.717, 1.165) is 12.8 Å². The van der Waals surface area contributed by atoms with Crippen LogP contribution in [0.1, 0.15) is 64.8 Å². The summed E-state index contributed by atoms with van der Waals surface area (Å²) >= 11 is 1.35. The number of benzene rings is 1. The number of thioether (sulfide) groups is 1. The van der Waals surface area contributed by atoms with Gasteiger partial charge in [0.05, 0.1) is 16.7 Å². The molecule has 3 rings (SSSR count). The van der Waals surface area contributed by atoms with Gasteiger partial charge in [0.15, 0.2) is 5.16 Å². The quantitative estimate of drug-likeness (QED) is 0.614. The van der Waals surface area contributed by atoms with E-state index in [9.17, 15) is 9.59 Å². The molecule has 1 aromatic heterocycles. The molecule has 6 heteroatoms. The second kappa shape index (κ2) is 9.40. The first-order valence-electron chi connectivity index (χ1n) is 9.99. The molecule has 0 unspecified atom stereocenters. The third-order valence-electron chi connectivity index (χ3n) is 5.09. The minimum atomic E-state index is -0.0430. The molecule has 1 saturated carbocycles. The molecule has 0 radical (unpaired) electrons. The van der Waals surface area contributed by atoms with E-state index >= 15 is 0 Å². The van der Waals surface area contributed by atoms with Crippen LogP contribution in [-0.2, 0) is 4.79 Å². The summed E-state index contributed by atoms with van der Waals surface area (Å²) < 4.78 is 1.69. The number of carbonyl (C=O) groups excluding carboxylic acids is 1. The van der Waals surface area contributed by atoms with Crippen molar-refractivity contribution < 1.29 is 4.79 Å². The molecule has 0 aliphatic heterocycles. The maximum Gasteiger partial charge on any atom is 0.262 e. The molecule has 1 fully saturated rings. The van der Waals surface area contributed by atoms with Crippen molar-refractivity contribution in [3.05, 3.63) is 34.6 Å². The van der Waals surface area contributed by atoms with Crippen LogP contribution in [0.4, 0.5) is 0 Å². The maximum atomic E-state index is 12.8. The Labute approximate surface area is 164 Å². The molecule has 1 heterocycles. The van der Waals surface area contributed by atoms with Crippen molar-refractivity contribution in [2.75, 3.05) is 5.75 Å². The minimum absolute atomic E-state index is 0.00854. The van der Waals surface area contributed by atoms with E-state index in [1.54, 1.807) is 10.6 Å². The highest BCUT2D eigenvalue weighted by molar-refractivity contribution is 7.99. The average Bonchev–Trinajstić information content (AvgIpc) is 2.62. The lowest BCUT2D eigenvalue weighted by atomic mass is 9.97. The third kappa shape index (κ3) is 5.12. The van der Waals surface area contributed by atoms with Gasteiger partial charge in [-0.3, -0.25) is 14.2 Å². The number of hydrogen-bond acceptors (Lipinski definition) is 4. The number of aromatic nitrogens is 2. The molecule has 0 saturated heterocycles. The highest BCUT2D eigenvalue weighted by Gasteiger charge is 2.17. The van der Waals surface area contributed by atoms with Crippen molar-refractivity contribution in [2.24, 2.45) is 0 Å². The van der Waals surface area contributed by atoms with Crippen molar-refractivity contribution in [1.82, 2.24) is 14.9 Å². The predicted molar refractivity (Wildman–Crippen MR) is 111 cm³/mol. The van der Waals surface area contributed by atoms with Crippen LogP contribution in [0.2, 0.25) is 0 Å². The molecule has 1 aromatic carbocycles. The Morgan fingerprint density at radius 2 is 1.85 bits per heavy atom. The molecule has 5 nitrogen and oxygen atoms in total. The highest BCUT2D eigenvalue weighted by atomic mass is 32.2. The van der Waals surface area contributed by atoms with Crippen LogP contribution in [0.3, 0.4) is 0 Å². The number of hydrogen-bond donors (Lipinski definition) is 1. The number of nitrogens with zero attached hydrogens (tertiary/aromatic N) is 2. The topological polar surface area (TPSA) is 64.0 Å². The number of carbonyl (C=O) groups is 1. The minimum Gasteiger partial charge on any atom is -0.353 e. The standard InChI is InChI=1S/C21H29N3O2S/c1-15(2)24-20(26)17-12-8-9-13-18(17)23-21(24)27-14-19(25)22-16-10-6-4-3-5-7-11-16/h8-9,12-13,15-16H,3-7,10-11,14H2,1-2H3,(H,22,25). The SMILES string of the molecule is CC(C)n1c(SCC(=O)NC2CCCCCCC2)nc2ccccc2c1=O. The van der Waals surface area contributed by atoms with Crippen LogP contribution in [0.5, 0.6) is 0 Å². The van der Waals surface area contributed by atoms with Gasteiger partial charge in [0, 0.05) is 12.1 Å². The van der Waals surface area contributed by atoms with E-state index < -0.39 is 0 Å². The van der Waals surface area contributed by atoms with Crippen molar-refractivity contribution in [3.63, 3.8) is 0 Å². The monoisotopic (exact) mass is 387 g/mol. The Kier molecular flexibility index (Phi) is 6.94. The lowest BCUT2D eigenvalue weighted by Crippen LogP contribution is -2.36. The van der Waals surface area contributed by atoms with E-state index in [2.05, 4.69) is 10.3 Å². The van der Waals surface area contributed by atoms with Crippen molar-refractivity contribution >= 4 is 28.6 Å². The Balaban J connectivity index is 1.71. The van der Waals surface area contributed by atoms with Crippen molar-refractivity contribution in [1.29, 1.82) is 0 Å². The number of rotatable bonds is 5. The van der Waals surface area contributed by atoms with Gasteiger partial charge in [-0.2, -0.15) is 0 Å². The van der Waals surface area contributed by atoms with E-state index in [1.165, 1.54) is 43.9 Å². The molecule has 1 amide bonds. The van der Waals surface area contributed by atoms with Crippen LogP contribution < -0.4 is 10.9 Å². The molecular formula is C21H29N3O2S. The average molecular weight is 388 g/mol. The fourth-order valence-electron chi connectivity index (χ4n) is 3.68. The zero-order valence-corrected chi connectivity index (χ0v) is 17.1. The van der Waals surface area contributed by atoms with Gasteiger partial charge in [0.25, 0.3) is 5.56 Å². The van der Waals surface area contributed by atoms with Crippen LogP contribution in [0, 0.1) is 0 Å². The van der Waals surface area contributed by atoms with Gasteiger partial charge in [0.1, 0.15) is 0 Å². The zero-order chi connectivity index (χ0) is 19.2. The van der Waals surface area contributed by atoms with Crippen LogP contribution in [0.15, 0.2) is 34.2 Å². The smallest absolute Gasteiger partial charge is 0.262 e. The first-order valence-corrected chi connectivity index (χ1v) is 11.0. The van der Waals surface area contributed by atoms with E-state index in [-0.39, 0.29) is 29.3 Å². The molecule has 27 heavy (non-hydrogen) atoms. The first-order chi connectivity index (χ1) is 13.1. The lowest BCUT2D eigenvalue weighted by Gasteiger charge is -2.21. The molecule has 1 aliphatic rings. The van der Waals surface area contributed by atoms with E-state index in [0.29, 0.717) is 16.1 Å². The van der Waals surface area contributed by atoms with E-state index in [4.69, 9.17) is 0 Å². The number of amides is 1. The fourth-order valence-corrected chi connectivity index (χ4v) is 4.62. The Morgan fingerprint density at radius 1 is 1.19 bits per heavy atom. The summed E-state index contributed by atoms with van der Waals surface area (Å²) in [7, 11) is 0. The molecular weight excluding hydrogens is 358 g/mol. The molecule has 146 valence electrons. The summed E-state index contributed by atoms with van der Waals surface area (Å²) in [5.41, 5.74) is 0.640. The Morgan fingerprint density at radius 3 is 2.56 bits per heavy atom. The molecule has 0 spiro atoms. The zero-order valence-electron chi connectivity index (χ0n) is 16.2. The summed E-state index contributed by atoms with van der Waals surface area (Å²) in [6.07, 6.45) is 8.37. The van der Waals surface area contributed by atoms with Gasteiger partial charge in [-0.25, -0.2) is 4.98 Å². The fraction of sp³-hybridized carbons (Fsp3) is 0.571. The summed E-state index contributed by atoms with van der Waals surface area (Å²) in [6, 6.07) is 7.66. The van der Waals surface area contributed by atoms with Crippen LogP contribution in [0.25, 0.3) is 10.9 Å². The molecule has 0 atom stereocenters. The molecule has 1 N–H and O–H groups in total. The maximum absolute atomic E-state index is 12.8. The highest BCUT2D eigenvalue weighted by Crippen LogP contribution is 2.21. The van der Waals surface area contributed by atoms with Crippen molar-refractivity contribution in [3.8, 4) is 0 Å². The molecule has 0 bridgehead atoms. The van der Waals surface area contributed by atoms with Gasteiger partial charge in [0.2, 0.25) is 5.91 Å². The van der Waals surface area contributed by atoms with Crippen LogP contribution >= 0.6 is 11.8 Å². The number of para-hydroxylation sites is 1. The third-order valence-corrected chi connectivity index (χ3v) is 6.05. The second-order valence-electron chi connectivity index (χ2n) is 7.58. The Bertz CT molecular complexity index is 839. The summed E-state index contributed by atoms with van der Waals surface area (Å²) in [5.74, 6) is 0.317. The van der Waals surface area contributed by atoms with Gasteiger partial charge in [-0.1, -0.05) is 56.0 Å². The van der Waals surface area contributed by atoms with Gasteiger partial charge in [-0.05, 0) is 38.8 Å². The van der Waals surface area contributed by atoms with Gasteiger partial charge >= 0.3 is 0 Å². The predicted octanol–water partition coefficient (Wildman–Crippen LogP) is 4.30. The molecule has 2 aromatic rings. The summed E-state index contributed by atoms with van der Waals surface area (Å²) in [6.45, 7) is 3.94. The normalized spacial score (nSPS) is 16.3. The number of nitrogens with one attached hydrogen (secondary N) is 1. The molecule has 1 aliphatic carbocycles. The largest absolute Gasteiger partial charge is 0.353 e. The summed E-state index contributed by atoms with van der Waals surface area (Å²) in [5, 5.41) is 4.41. The lowest BCUT2D eigenvalue weighted by molar-refractivity contribution is -0.119.